The number of nitrogens with one attached hydrogen (secondary N) is 2. The highest BCUT2D eigenvalue weighted by atomic mass is 32.1. The number of aryl methyl sites for hydroxylation is 1. The highest BCUT2D eigenvalue weighted by Crippen LogP contribution is 2.44. The Hall–Kier alpha value is -2.15. The van der Waals surface area contributed by atoms with Crippen LogP contribution in [0.3, 0.4) is 0 Å². The van der Waals surface area contributed by atoms with Gasteiger partial charge < -0.3 is 15.2 Å². The van der Waals surface area contributed by atoms with Gasteiger partial charge in [0.15, 0.2) is 5.76 Å². The van der Waals surface area contributed by atoms with Crippen molar-refractivity contribution in [1.82, 2.24) is 10.5 Å². The van der Waals surface area contributed by atoms with E-state index < -0.39 is 11.8 Å². The summed E-state index contributed by atoms with van der Waals surface area (Å²) in [6.45, 7) is 4.19. The summed E-state index contributed by atoms with van der Waals surface area (Å²) in [7, 11) is 0. The molecule has 122 valence electrons. The van der Waals surface area contributed by atoms with Gasteiger partial charge in [-0.1, -0.05) is 18.1 Å². The van der Waals surface area contributed by atoms with Crippen molar-refractivity contribution in [1.29, 1.82) is 0 Å². The molecule has 0 radical (unpaired) electrons. The van der Waals surface area contributed by atoms with Crippen LogP contribution in [0.15, 0.2) is 22.0 Å². The van der Waals surface area contributed by atoms with E-state index in [9.17, 15) is 9.59 Å². The normalized spacial score (nSPS) is 15.2. The molecular weight excluding hydrogens is 314 g/mol. The largest absolute Gasteiger partial charge is 0.359 e. The van der Waals surface area contributed by atoms with Crippen molar-refractivity contribution in [2.45, 2.75) is 38.5 Å². The minimum absolute atomic E-state index is 0.172. The van der Waals surface area contributed by atoms with Gasteiger partial charge in [0.05, 0.1) is 0 Å². The maximum absolute atomic E-state index is 12.1. The third-order valence-electron chi connectivity index (χ3n) is 3.88. The van der Waals surface area contributed by atoms with Crippen LogP contribution in [0.5, 0.6) is 0 Å². The summed E-state index contributed by atoms with van der Waals surface area (Å²) in [6.07, 6.45) is 2.06. The Balaban J connectivity index is 1.56. The van der Waals surface area contributed by atoms with E-state index in [-0.39, 0.29) is 5.92 Å². The van der Waals surface area contributed by atoms with Crippen molar-refractivity contribution >= 4 is 28.8 Å². The van der Waals surface area contributed by atoms with Crippen molar-refractivity contribution in [3.8, 4) is 0 Å². The molecule has 23 heavy (non-hydrogen) atoms. The molecule has 2 aromatic heterocycles. The van der Waals surface area contributed by atoms with E-state index in [1.807, 2.05) is 24.4 Å². The second-order valence-electron chi connectivity index (χ2n) is 5.86. The molecule has 0 aliphatic heterocycles. The zero-order valence-electron chi connectivity index (χ0n) is 13.1. The fourth-order valence-corrected chi connectivity index (χ4v) is 3.12. The summed E-state index contributed by atoms with van der Waals surface area (Å²) in [5.74, 6) is -0.164. The highest BCUT2D eigenvalue weighted by Gasteiger charge is 2.32. The predicted molar refractivity (Wildman–Crippen MR) is 87.6 cm³/mol. The van der Waals surface area contributed by atoms with E-state index >= 15 is 0 Å². The van der Waals surface area contributed by atoms with Gasteiger partial charge in [-0.15, -0.1) is 11.3 Å². The molecule has 2 N–H and O–H groups in total. The lowest BCUT2D eigenvalue weighted by Crippen LogP contribution is -2.37. The molecule has 1 aliphatic carbocycles. The molecule has 6 nitrogen and oxygen atoms in total. The highest BCUT2D eigenvalue weighted by molar-refractivity contribution is 7.10. The first-order valence-corrected chi connectivity index (χ1v) is 8.53. The van der Waals surface area contributed by atoms with Gasteiger partial charge in [0, 0.05) is 23.3 Å². The molecule has 0 spiro atoms. The lowest BCUT2D eigenvalue weighted by atomic mass is 10.1. The Morgan fingerprint density at radius 3 is 2.87 bits per heavy atom. The molecule has 1 saturated carbocycles. The molecule has 2 heterocycles. The second kappa shape index (κ2) is 6.54. The van der Waals surface area contributed by atoms with E-state index in [4.69, 9.17) is 4.52 Å². The average molecular weight is 333 g/mol. The molecule has 0 aromatic carbocycles. The lowest BCUT2D eigenvalue weighted by molar-refractivity contribution is -0.136. The SMILES string of the molecule is Cc1noc(C2CC2)c1NC(=O)C(=O)NC[C@@H](C)c1cccs1. The summed E-state index contributed by atoms with van der Waals surface area (Å²) in [5.41, 5.74) is 1.14. The Labute approximate surface area is 138 Å². The molecule has 1 atom stereocenters. The van der Waals surface area contributed by atoms with Crippen LogP contribution in [0.4, 0.5) is 5.69 Å². The third kappa shape index (κ3) is 3.61. The van der Waals surface area contributed by atoms with Crippen LogP contribution in [0.2, 0.25) is 0 Å². The Bertz CT molecular complexity index is 704. The lowest BCUT2D eigenvalue weighted by Gasteiger charge is -2.11. The fourth-order valence-electron chi connectivity index (χ4n) is 2.33. The van der Waals surface area contributed by atoms with Crippen LogP contribution in [0.1, 0.15) is 47.9 Å². The molecular formula is C16H19N3O3S. The summed E-state index contributed by atoms with van der Waals surface area (Å²) in [5, 5.41) is 11.2. The summed E-state index contributed by atoms with van der Waals surface area (Å²) in [6, 6.07) is 3.99. The van der Waals surface area contributed by atoms with Gasteiger partial charge in [0.25, 0.3) is 0 Å². The first kappa shape index (κ1) is 15.7. The van der Waals surface area contributed by atoms with Crippen LogP contribution in [-0.4, -0.2) is 23.5 Å². The Kier molecular flexibility index (Phi) is 4.47. The summed E-state index contributed by atoms with van der Waals surface area (Å²) >= 11 is 1.64. The van der Waals surface area contributed by atoms with Crippen LogP contribution in [0.25, 0.3) is 0 Å². The van der Waals surface area contributed by atoms with E-state index in [2.05, 4.69) is 15.8 Å². The Morgan fingerprint density at radius 2 is 2.22 bits per heavy atom. The molecule has 1 fully saturated rings. The van der Waals surface area contributed by atoms with Gasteiger partial charge in [-0.3, -0.25) is 9.59 Å². The number of amides is 2. The minimum atomic E-state index is -0.684. The number of hydrogen-bond donors (Lipinski definition) is 2. The number of aromatic nitrogens is 1. The van der Waals surface area contributed by atoms with Crippen molar-refractivity contribution in [2.24, 2.45) is 0 Å². The van der Waals surface area contributed by atoms with Gasteiger partial charge in [0.2, 0.25) is 0 Å². The number of thiophene rings is 1. The second-order valence-corrected chi connectivity index (χ2v) is 6.84. The maximum Gasteiger partial charge on any atom is 0.313 e. The third-order valence-corrected chi connectivity index (χ3v) is 4.98. The molecule has 1 aliphatic rings. The Morgan fingerprint density at radius 1 is 1.43 bits per heavy atom. The molecule has 2 amide bonds. The first-order chi connectivity index (χ1) is 11.1. The monoisotopic (exact) mass is 333 g/mol. The van der Waals surface area contributed by atoms with E-state index in [0.717, 1.165) is 12.8 Å². The number of rotatable bonds is 5. The van der Waals surface area contributed by atoms with Crippen molar-refractivity contribution in [3.05, 3.63) is 33.8 Å². The standard InChI is InChI=1S/C16H19N3O3S/c1-9(12-4-3-7-23-12)8-17-15(20)16(21)18-13-10(2)19-22-14(13)11-5-6-11/h3-4,7,9,11H,5-6,8H2,1-2H3,(H,17,20)(H,18,21)/t9-/m1/s1. The zero-order valence-corrected chi connectivity index (χ0v) is 13.9. The van der Waals surface area contributed by atoms with Crippen molar-refractivity contribution in [2.75, 3.05) is 11.9 Å². The molecule has 7 heteroatoms. The molecule has 0 saturated heterocycles. The first-order valence-electron chi connectivity index (χ1n) is 7.65. The molecule has 2 aromatic rings. The molecule has 0 unspecified atom stereocenters. The van der Waals surface area contributed by atoms with E-state index in [1.165, 1.54) is 4.88 Å². The maximum atomic E-state index is 12.1. The van der Waals surface area contributed by atoms with Crippen LogP contribution >= 0.6 is 11.3 Å². The number of hydrogen-bond acceptors (Lipinski definition) is 5. The van der Waals surface area contributed by atoms with Gasteiger partial charge in [-0.2, -0.15) is 0 Å². The van der Waals surface area contributed by atoms with E-state index in [0.29, 0.717) is 29.6 Å². The number of carbonyl (C=O) groups excluding carboxylic acids is 2. The number of anilines is 1. The van der Waals surface area contributed by atoms with Crippen LogP contribution < -0.4 is 10.6 Å². The summed E-state index contributed by atoms with van der Waals surface area (Å²) < 4.78 is 5.25. The van der Waals surface area contributed by atoms with Gasteiger partial charge >= 0.3 is 11.8 Å². The van der Waals surface area contributed by atoms with E-state index in [1.54, 1.807) is 18.3 Å². The average Bonchev–Trinajstić information content (AvgIpc) is 3.10. The van der Waals surface area contributed by atoms with Gasteiger partial charge in [0.1, 0.15) is 11.4 Å². The number of carbonyl (C=O) groups is 2. The quantitative estimate of drug-likeness (QED) is 0.824. The molecule has 3 rings (SSSR count). The fraction of sp³-hybridized carbons (Fsp3) is 0.438. The van der Waals surface area contributed by atoms with Gasteiger partial charge in [-0.25, -0.2) is 0 Å². The smallest absolute Gasteiger partial charge is 0.313 e. The van der Waals surface area contributed by atoms with Crippen molar-refractivity contribution < 1.29 is 14.1 Å². The van der Waals surface area contributed by atoms with Crippen LogP contribution in [-0.2, 0) is 9.59 Å². The van der Waals surface area contributed by atoms with Crippen molar-refractivity contribution in [3.63, 3.8) is 0 Å². The topological polar surface area (TPSA) is 84.2 Å². The minimum Gasteiger partial charge on any atom is -0.359 e. The predicted octanol–water partition coefficient (Wildman–Crippen LogP) is 2.78. The zero-order chi connectivity index (χ0) is 16.4. The number of nitrogens with zero attached hydrogens (tertiary/aromatic N) is 1. The van der Waals surface area contributed by atoms with Crippen LogP contribution in [0, 0.1) is 6.92 Å². The summed E-state index contributed by atoms with van der Waals surface area (Å²) in [4.78, 5) is 25.2. The van der Waals surface area contributed by atoms with Gasteiger partial charge in [-0.05, 0) is 31.2 Å². The molecule has 0 bridgehead atoms.